The molecule has 0 aliphatic heterocycles. The second kappa shape index (κ2) is 5.53. The molecule has 1 aromatic heterocycles. The van der Waals surface area contributed by atoms with Gasteiger partial charge in [0, 0.05) is 37.4 Å². The average molecular weight is 209 g/mol. The van der Waals surface area contributed by atoms with Crippen molar-refractivity contribution < 1.29 is 4.79 Å². The maximum absolute atomic E-state index is 10.8. The molecule has 0 spiro atoms. The Hall–Kier alpha value is -1.32. The molecule has 0 N–H and O–H groups in total. The number of aromatic nitrogens is 2. The average Bonchev–Trinajstić information content (AvgIpc) is 2.65. The minimum atomic E-state index is 0.264. The van der Waals surface area contributed by atoms with Crippen LogP contribution in [-0.4, -0.2) is 33.7 Å². The third kappa shape index (κ3) is 3.08. The minimum absolute atomic E-state index is 0.264. The molecule has 1 aromatic rings. The number of rotatable bonds is 6. The summed E-state index contributed by atoms with van der Waals surface area (Å²) < 4.78 is 1.96. The highest BCUT2D eigenvalue weighted by Gasteiger charge is 2.07. The molecule has 4 nitrogen and oxygen atoms in total. The van der Waals surface area contributed by atoms with Gasteiger partial charge in [-0.05, 0) is 26.8 Å². The molecule has 1 rings (SSSR count). The molecule has 1 amide bonds. The van der Waals surface area contributed by atoms with Crippen molar-refractivity contribution in [3.63, 3.8) is 0 Å². The van der Waals surface area contributed by atoms with E-state index < -0.39 is 0 Å². The van der Waals surface area contributed by atoms with Gasteiger partial charge in [0.05, 0.1) is 0 Å². The van der Waals surface area contributed by atoms with Gasteiger partial charge in [0.1, 0.15) is 0 Å². The first-order chi connectivity index (χ1) is 7.19. The predicted octanol–water partition coefficient (Wildman–Crippen LogP) is 1.31. The lowest BCUT2D eigenvalue weighted by Gasteiger charge is -2.21. The monoisotopic (exact) mass is 209 g/mol. The van der Waals surface area contributed by atoms with Crippen LogP contribution < -0.4 is 0 Å². The van der Waals surface area contributed by atoms with Crippen LogP contribution in [0, 0.1) is 0 Å². The Morgan fingerprint density at radius 3 is 2.87 bits per heavy atom. The van der Waals surface area contributed by atoms with Gasteiger partial charge in [0.25, 0.3) is 0 Å². The molecule has 0 aliphatic carbocycles. The fraction of sp³-hybridized carbons (Fsp3) is 0.636. The summed E-state index contributed by atoms with van der Waals surface area (Å²) in [5, 5.41) is 4.19. The highest BCUT2D eigenvalue weighted by molar-refractivity contribution is 5.47. The highest BCUT2D eigenvalue weighted by atomic mass is 16.1. The molecule has 1 heterocycles. The second-order valence-corrected chi connectivity index (χ2v) is 3.83. The minimum Gasteiger partial charge on any atom is -0.342 e. The molecular weight excluding hydrogens is 190 g/mol. The van der Waals surface area contributed by atoms with Crippen LogP contribution in [0.5, 0.6) is 0 Å². The first-order valence-corrected chi connectivity index (χ1v) is 5.40. The van der Waals surface area contributed by atoms with E-state index in [0.29, 0.717) is 0 Å². The summed E-state index contributed by atoms with van der Waals surface area (Å²) in [5.41, 5.74) is 1.19. The van der Waals surface area contributed by atoms with Crippen molar-refractivity contribution in [2.24, 2.45) is 0 Å². The standard InChI is InChI=1S/C11H19N3O/c1-4-14-11(5-7-12-14)6-8-13(9-15)10(2)3/h5,7,9-10H,4,6,8H2,1-3H3. The maximum Gasteiger partial charge on any atom is 0.209 e. The molecule has 4 heteroatoms. The van der Waals surface area contributed by atoms with Gasteiger partial charge in [0.15, 0.2) is 0 Å². The van der Waals surface area contributed by atoms with E-state index in [1.54, 1.807) is 11.1 Å². The molecule has 0 aliphatic rings. The molecule has 0 atom stereocenters. The van der Waals surface area contributed by atoms with Gasteiger partial charge in [0.2, 0.25) is 6.41 Å². The lowest BCUT2D eigenvalue weighted by Crippen LogP contribution is -2.31. The lowest BCUT2D eigenvalue weighted by molar-refractivity contribution is -0.119. The van der Waals surface area contributed by atoms with Crippen LogP contribution in [0.15, 0.2) is 12.3 Å². The molecular formula is C11H19N3O. The molecule has 0 bridgehead atoms. The van der Waals surface area contributed by atoms with Crippen molar-refractivity contribution in [1.82, 2.24) is 14.7 Å². The number of hydrogen-bond acceptors (Lipinski definition) is 2. The Balaban J connectivity index is 2.52. The smallest absolute Gasteiger partial charge is 0.209 e. The number of carbonyl (C=O) groups excluding carboxylic acids is 1. The summed E-state index contributed by atoms with van der Waals surface area (Å²) in [5.74, 6) is 0. The van der Waals surface area contributed by atoms with Gasteiger partial charge in [-0.25, -0.2) is 0 Å². The zero-order valence-corrected chi connectivity index (χ0v) is 9.68. The summed E-state index contributed by atoms with van der Waals surface area (Å²) >= 11 is 0. The van der Waals surface area contributed by atoms with E-state index in [1.807, 2.05) is 24.6 Å². The van der Waals surface area contributed by atoms with Crippen LogP contribution in [-0.2, 0) is 17.8 Å². The molecule has 0 aromatic carbocycles. The SMILES string of the molecule is CCn1nccc1CCN(C=O)C(C)C. The van der Waals surface area contributed by atoms with Gasteiger partial charge in [-0.3, -0.25) is 9.48 Å². The van der Waals surface area contributed by atoms with Crippen LogP contribution in [0.3, 0.4) is 0 Å². The van der Waals surface area contributed by atoms with Gasteiger partial charge in [-0.1, -0.05) is 0 Å². The summed E-state index contributed by atoms with van der Waals surface area (Å²) in [6, 6.07) is 2.27. The fourth-order valence-corrected chi connectivity index (χ4v) is 1.53. The molecule has 0 unspecified atom stereocenters. The number of nitrogens with zero attached hydrogens (tertiary/aromatic N) is 3. The van der Waals surface area contributed by atoms with Crippen LogP contribution >= 0.6 is 0 Å². The summed E-state index contributed by atoms with van der Waals surface area (Å²) in [7, 11) is 0. The van der Waals surface area contributed by atoms with Crippen molar-refractivity contribution in [3.8, 4) is 0 Å². The third-order valence-corrected chi connectivity index (χ3v) is 2.53. The van der Waals surface area contributed by atoms with Crippen molar-refractivity contribution in [3.05, 3.63) is 18.0 Å². The van der Waals surface area contributed by atoms with Crippen molar-refractivity contribution in [2.45, 2.75) is 39.8 Å². The normalized spacial score (nSPS) is 10.7. The van der Waals surface area contributed by atoms with Crippen LogP contribution in [0.1, 0.15) is 26.5 Å². The lowest BCUT2D eigenvalue weighted by atomic mass is 10.2. The number of hydrogen-bond donors (Lipinski definition) is 0. The third-order valence-electron chi connectivity index (χ3n) is 2.53. The highest BCUT2D eigenvalue weighted by Crippen LogP contribution is 2.03. The zero-order chi connectivity index (χ0) is 11.3. The Kier molecular flexibility index (Phi) is 4.34. The second-order valence-electron chi connectivity index (χ2n) is 3.83. The van der Waals surface area contributed by atoms with Gasteiger partial charge >= 0.3 is 0 Å². The summed E-state index contributed by atoms with van der Waals surface area (Å²) in [6.45, 7) is 7.74. The van der Waals surface area contributed by atoms with E-state index in [1.165, 1.54) is 5.69 Å². The van der Waals surface area contributed by atoms with Crippen LogP contribution in [0.4, 0.5) is 0 Å². The van der Waals surface area contributed by atoms with Crippen molar-refractivity contribution >= 4 is 6.41 Å². The first-order valence-electron chi connectivity index (χ1n) is 5.40. The van der Waals surface area contributed by atoms with Gasteiger partial charge in [-0.15, -0.1) is 0 Å². The Bertz CT molecular complexity index is 307. The largest absolute Gasteiger partial charge is 0.342 e. The van der Waals surface area contributed by atoms with E-state index in [2.05, 4.69) is 12.0 Å². The quantitative estimate of drug-likeness (QED) is 0.663. The molecule has 0 fully saturated rings. The molecule has 0 radical (unpaired) electrons. The van der Waals surface area contributed by atoms with E-state index in [-0.39, 0.29) is 6.04 Å². The number of amides is 1. The van der Waals surface area contributed by atoms with Crippen LogP contribution in [0.25, 0.3) is 0 Å². The Morgan fingerprint density at radius 2 is 2.33 bits per heavy atom. The molecule has 84 valence electrons. The Morgan fingerprint density at radius 1 is 1.60 bits per heavy atom. The molecule has 0 saturated carbocycles. The van der Waals surface area contributed by atoms with Gasteiger partial charge in [-0.2, -0.15) is 5.10 Å². The fourth-order valence-electron chi connectivity index (χ4n) is 1.53. The number of aryl methyl sites for hydroxylation is 1. The maximum atomic E-state index is 10.8. The Labute approximate surface area is 90.9 Å². The van der Waals surface area contributed by atoms with Crippen molar-refractivity contribution in [1.29, 1.82) is 0 Å². The van der Waals surface area contributed by atoms with E-state index in [4.69, 9.17) is 0 Å². The van der Waals surface area contributed by atoms with Crippen molar-refractivity contribution in [2.75, 3.05) is 6.54 Å². The van der Waals surface area contributed by atoms with Crippen LogP contribution in [0.2, 0.25) is 0 Å². The number of carbonyl (C=O) groups is 1. The predicted molar refractivity (Wildman–Crippen MR) is 59.5 cm³/mol. The molecule has 0 saturated heterocycles. The zero-order valence-electron chi connectivity index (χ0n) is 9.68. The van der Waals surface area contributed by atoms with E-state index >= 15 is 0 Å². The van der Waals surface area contributed by atoms with E-state index in [9.17, 15) is 4.79 Å². The first kappa shape index (κ1) is 11.8. The van der Waals surface area contributed by atoms with E-state index in [0.717, 1.165) is 25.9 Å². The summed E-state index contributed by atoms with van der Waals surface area (Å²) in [6.07, 6.45) is 3.58. The topological polar surface area (TPSA) is 38.1 Å². The summed E-state index contributed by atoms with van der Waals surface area (Å²) in [4.78, 5) is 12.6. The molecule has 15 heavy (non-hydrogen) atoms. The van der Waals surface area contributed by atoms with Gasteiger partial charge < -0.3 is 4.90 Å².